The zero-order valence-electron chi connectivity index (χ0n) is 12.9. The Kier molecular flexibility index (Phi) is 4.62. The number of nitrogens with zero attached hydrogens (tertiary/aromatic N) is 4. The molecule has 0 aromatic carbocycles. The van der Waals surface area contributed by atoms with Gasteiger partial charge in [0.25, 0.3) is 0 Å². The highest BCUT2D eigenvalue weighted by molar-refractivity contribution is 5.95. The molecule has 2 N–H and O–H groups in total. The average molecular weight is 290 g/mol. The third kappa shape index (κ3) is 3.62. The summed E-state index contributed by atoms with van der Waals surface area (Å²) in [6.07, 6.45) is 5.27. The van der Waals surface area contributed by atoms with Crippen molar-refractivity contribution in [1.29, 1.82) is 0 Å². The van der Waals surface area contributed by atoms with Gasteiger partial charge < -0.3 is 10.6 Å². The van der Waals surface area contributed by atoms with Crippen LogP contribution in [0.4, 0.5) is 11.5 Å². The molecule has 2 rings (SSSR count). The number of aromatic nitrogens is 4. The topological polar surface area (TPSA) is 76.8 Å². The highest BCUT2D eigenvalue weighted by atomic mass is 16.2. The van der Waals surface area contributed by atoms with Gasteiger partial charge >= 0.3 is 0 Å². The molecule has 2 heterocycles. The number of carbonyl (C=O) groups is 1. The number of amides is 1. The second kappa shape index (κ2) is 6.43. The van der Waals surface area contributed by atoms with Gasteiger partial charge in [0, 0.05) is 24.8 Å². The molecule has 7 nitrogen and oxygen atoms in total. The lowest BCUT2D eigenvalue weighted by Gasteiger charge is -2.16. The Morgan fingerprint density at radius 1 is 1.33 bits per heavy atom. The van der Waals surface area contributed by atoms with Crippen LogP contribution in [-0.2, 0) is 11.3 Å². The van der Waals surface area contributed by atoms with Crippen molar-refractivity contribution >= 4 is 17.4 Å². The van der Waals surface area contributed by atoms with Gasteiger partial charge in [-0.15, -0.1) is 0 Å². The molecule has 0 saturated carbocycles. The van der Waals surface area contributed by atoms with Crippen LogP contribution in [0.3, 0.4) is 0 Å². The molecule has 2 aromatic heterocycles. The Labute approximate surface area is 124 Å². The second-order valence-corrected chi connectivity index (χ2v) is 5.19. The van der Waals surface area contributed by atoms with E-state index >= 15 is 0 Å². The quantitative estimate of drug-likeness (QED) is 0.854. The predicted octanol–water partition coefficient (Wildman–Crippen LogP) is 2.12. The number of aryl methyl sites for hydroxylation is 1. The third-order valence-electron chi connectivity index (χ3n) is 3.14. The van der Waals surface area contributed by atoms with Crippen LogP contribution in [0.2, 0.25) is 0 Å². The monoisotopic (exact) mass is 290 g/mol. The summed E-state index contributed by atoms with van der Waals surface area (Å²) in [4.78, 5) is 12.2. The first-order valence-electron chi connectivity index (χ1n) is 7.14. The van der Waals surface area contributed by atoms with Crippen LogP contribution in [-0.4, -0.2) is 31.5 Å². The highest BCUT2D eigenvalue weighted by Gasteiger charge is 2.16. The molecule has 0 unspecified atom stereocenters. The SMILES string of the molecule is CCn1cc(N[C@@H](C)C(=O)Nc2ccnn2C(C)C)cn1. The summed E-state index contributed by atoms with van der Waals surface area (Å²) in [5, 5.41) is 14.4. The Balaban J connectivity index is 1.97. The Morgan fingerprint density at radius 2 is 2.10 bits per heavy atom. The summed E-state index contributed by atoms with van der Waals surface area (Å²) < 4.78 is 3.58. The minimum absolute atomic E-state index is 0.110. The Morgan fingerprint density at radius 3 is 2.71 bits per heavy atom. The molecule has 0 aliphatic carbocycles. The lowest BCUT2D eigenvalue weighted by molar-refractivity contribution is -0.116. The number of nitrogens with one attached hydrogen (secondary N) is 2. The maximum absolute atomic E-state index is 12.2. The van der Waals surface area contributed by atoms with Gasteiger partial charge in [0.15, 0.2) is 0 Å². The van der Waals surface area contributed by atoms with E-state index in [4.69, 9.17) is 0 Å². The van der Waals surface area contributed by atoms with Crippen molar-refractivity contribution < 1.29 is 4.79 Å². The van der Waals surface area contributed by atoms with Gasteiger partial charge in [0.1, 0.15) is 11.9 Å². The van der Waals surface area contributed by atoms with Crippen LogP contribution in [0.1, 0.15) is 33.7 Å². The van der Waals surface area contributed by atoms with E-state index in [1.165, 1.54) is 0 Å². The van der Waals surface area contributed by atoms with Crippen molar-refractivity contribution in [2.24, 2.45) is 0 Å². The molecule has 1 atom stereocenters. The van der Waals surface area contributed by atoms with Crippen molar-refractivity contribution in [3.63, 3.8) is 0 Å². The van der Waals surface area contributed by atoms with Crippen LogP contribution >= 0.6 is 0 Å². The van der Waals surface area contributed by atoms with Crippen molar-refractivity contribution in [2.75, 3.05) is 10.6 Å². The number of rotatable bonds is 6. The van der Waals surface area contributed by atoms with Crippen LogP contribution in [0, 0.1) is 0 Å². The third-order valence-corrected chi connectivity index (χ3v) is 3.14. The first kappa shape index (κ1) is 15.1. The Bertz CT molecular complexity index is 600. The largest absolute Gasteiger partial charge is 0.371 e. The van der Waals surface area contributed by atoms with Crippen LogP contribution in [0.15, 0.2) is 24.7 Å². The van der Waals surface area contributed by atoms with Crippen LogP contribution < -0.4 is 10.6 Å². The lowest BCUT2D eigenvalue weighted by Crippen LogP contribution is -2.32. The summed E-state index contributed by atoms with van der Waals surface area (Å²) in [6.45, 7) is 8.66. The van der Waals surface area contributed by atoms with Crippen LogP contribution in [0.25, 0.3) is 0 Å². The molecule has 114 valence electrons. The molecule has 0 fully saturated rings. The summed E-state index contributed by atoms with van der Waals surface area (Å²) in [6, 6.07) is 1.62. The fourth-order valence-electron chi connectivity index (χ4n) is 1.99. The van der Waals surface area contributed by atoms with Crippen molar-refractivity contribution in [3.05, 3.63) is 24.7 Å². The van der Waals surface area contributed by atoms with Crippen LogP contribution in [0.5, 0.6) is 0 Å². The Hall–Kier alpha value is -2.31. The van der Waals surface area contributed by atoms with E-state index in [1.54, 1.807) is 27.8 Å². The van der Waals surface area contributed by atoms with Gasteiger partial charge in [-0.2, -0.15) is 10.2 Å². The van der Waals surface area contributed by atoms with E-state index in [0.717, 1.165) is 12.2 Å². The average Bonchev–Trinajstić information content (AvgIpc) is 3.07. The van der Waals surface area contributed by atoms with Gasteiger partial charge in [-0.1, -0.05) is 0 Å². The molecule has 2 aromatic rings. The normalized spacial score (nSPS) is 12.4. The molecule has 0 bridgehead atoms. The number of hydrogen-bond acceptors (Lipinski definition) is 4. The highest BCUT2D eigenvalue weighted by Crippen LogP contribution is 2.14. The van der Waals surface area contributed by atoms with Gasteiger partial charge in [-0.25, -0.2) is 4.68 Å². The van der Waals surface area contributed by atoms with Crippen molar-refractivity contribution in [3.8, 4) is 0 Å². The fraction of sp³-hybridized carbons (Fsp3) is 0.500. The summed E-state index contributed by atoms with van der Waals surface area (Å²) in [7, 11) is 0. The van der Waals surface area contributed by atoms with E-state index in [9.17, 15) is 4.79 Å². The minimum atomic E-state index is -0.366. The number of carbonyl (C=O) groups excluding carboxylic acids is 1. The molecule has 1 amide bonds. The zero-order valence-corrected chi connectivity index (χ0v) is 12.9. The van der Waals surface area contributed by atoms with Crippen molar-refractivity contribution in [1.82, 2.24) is 19.6 Å². The van der Waals surface area contributed by atoms with Gasteiger partial charge in [0.05, 0.1) is 18.1 Å². The molecule has 7 heteroatoms. The maximum Gasteiger partial charge on any atom is 0.247 e. The smallest absolute Gasteiger partial charge is 0.247 e. The van der Waals surface area contributed by atoms with E-state index < -0.39 is 0 Å². The lowest BCUT2D eigenvalue weighted by atomic mass is 10.3. The number of hydrogen-bond donors (Lipinski definition) is 2. The standard InChI is InChI=1S/C14H22N6O/c1-5-19-9-12(8-16-19)17-11(4)14(21)18-13-6-7-15-20(13)10(2)3/h6-11,17H,5H2,1-4H3,(H,18,21)/t11-/m0/s1. The zero-order chi connectivity index (χ0) is 15.4. The molecule has 0 saturated heterocycles. The molecule has 0 aliphatic heterocycles. The van der Waals surface area contributed by atoms with E-state index in [-0.39, 0.29) is 18.0 Å². The molecule has 0 radical (unpaired) electrons. The summed E-state index contributed by atoms with van der Waals surface area (Å²) in [5.74, 6) is 0.592. The summed E-state index contributed by atoms with van der Waals surface area (Å²) >= 11 is 0. The molecule has 0 spiro atoms. The first-order chi connectivity index (χ1) is 10.0. The molecular weight excluding hydrogens is 268 g/mol. The minimum Gasteiger partial charge on any atom is -0.371 e. The van der Waals surface area contributed by atoms with Crippen molar-refractivity contribution in [2.45, 2.75) is 46.3 Å². The summed E-state index contributed by atoms with van der Waals surface area (Å²) in [5.41, 5.74) is 0.830. The number of anilines is 2. The molecule has 21 heavy (non-hydrogen) atoms. The molecule has 0 aliphatic rings. The van der Waals surface area contributed by atoms with Gasteiger partial charge in [-0.3, -0.25) is 9.48 Å². The second-order valence-electron chi connectivity index (χ2n) is 5.19. The van der Waals surface area contributed by atoms with E-state index in [2.05, 4.69) is 20.8 Å². The molecular formula is C14H22N6O. The van der Waals surface area contributed by atoms with Gasteiger partial charge in [-0.05, 0) is 27.7 Å². The maximum atomic E-state index is 12.2. The van der Waals surface area contributed by atoms with E-state index in [1.807, 2.05) is 33.9 Å². The fourth-order valence-corrected chi connectivity index (χ4v) is 1.99. The van der Waals surface area contributed by atoms with Gasteiger partial charge in [0.2, 0.25) is 5.91 Å². The first-order valence-corrected chi connectivity index (χ1v) is 7.14. The predicted molar refractivity (Wildman–Crippen MR) is 82.2 cm³/mol. The van der Waals surface area contributed by atoms with E-state index in [0.29, 0.717) is 5.82 Å².